The first-order valence-electron chi connectivity index (χ1n) is 10.2. The van der Waals surface area contributed by atoms with E-state index in [-0.39, 0.29) is 23.2 Å². The average Bonchev–Trinajstić information content (AvgIpc) is 2.79. The Morgan fingerprint density at radius 1 is 1.30 bits per heavy atom. The fraction of sp³-hybridized carbons (Fsp3) is 0.261. The molecular formula is C23H21F2N5O3. The van der Waals surface area contributed by atoms with Gasteiger partial charge in [-0.15, -0.1) is 0 Å². The molecule has 2 amide bonds. The number of aliphatic hydroxyl groups is 1. The number of amides is 2. The van der Waals surface area contributed by atoms with E-state index in [0.717, 1.165) is 12.1 Å². The standard InChI is InChI=1S/C23H21F2N5O3/c1-29(23(33)27-15-3-5-18(25)13(8-15)10-26)20-12-30(6-7-31)11-19-21(20)16-4-2-14(24)9-17(16)22(32)28-19/h2-5,8-9,20,31H,6-7,11-12H2,1H3,(H,27,33)(H,28,32)/t20-/m1/s1. The summed E-state index contributed by atoms with van der Waals surface area (Å²) in [5.74, 6) is -1.23. The van der Waals surface area contributed by atoms with Gasteiger partial charge in [-0.05, 0) is 35.7 Å². The van der Waals surface area contributed by atoms with Gasteiger partial charge in [0.15, 0.2) is 0 Å². The number of carbonyl (C=O) groups is 1. The third kappa shape index (κ3) is 4.28. The van der Waals surface area contributed by atoms with Gasteiger partial charge in [-0.2, -0.15) is 5.26 Å². The van der Waals surface area contributed by atoms with Crippen LogP contribution in [0, 0.1) is 23.0 Å². The molecule has 33 heavy (non-hydrogen) atoms. The molecule has 4 rings (SSSR count). The lowest BCUT2D eigenvalue weighted by Crippen LogP contribution is -2.46. The molecule has 0 aliphatic carbocycles. The molecule has 0 fully saturated rings. The number of aliphatic hydroxyl groups excluding tert-OH is 1. The van der Waals surface area contributed by atoms with Crippen LogP contribution in [0.5, 0.6) is 0 Å². The van der Waals surface area contributed by atoms with Crippen LogP contribution in [-0.2, 0) is 6.54 Å². The summed E-state index contributed by atoms with van der Waals surface area (Å²) in [6.07, 6.45) is 0. The van der Waals surface area contributed by atoms with E-state index in [2.05, 4.69) is 10.3 Å². The number of aromatic amines is 1. The summed E-state index contributed by atoms with van der Waals surface area (Å²) >= 11 is 0. The third-order valence-electron chi connectivity index (χ3n) is 5.79. The molecule has 0 radical (unpaired) electrons. The van der Waals surface area contributed by atoms with E-state index < -0.39 is 29.3 Å². The molecule has 1 aliphatic rings. The van der Waals surface area contributed by atoms with E-state index >= 15 is 0 Å². The first-order valence-corrected chi connectivity index (χ1v) is 10.2. The number of hydrogen-bond donors (Lipinski definition) is 3. The van der Waals surface area contributed by atoms with E-state index in [0.29, 0.717) is 36.3 Å². The molecule has 0 saturated heterocycles. The highest BCUT2D eigenvalue weighted by Crippen LogP contribution is 2.34. The molecule has 1 atom stereocenters. The molecule has 2 heterocycles. The first kappa shape index (κ1) is 22.4. The molecule has 1 aliphatic heterocycles. The number of H-pyrrole nitrogens is 1. The topological polar surface area (TPSA) is 112 Å². The minimum Gasteiger partial charge on any atom is -0.395 e. The molecule has 0 spiro atoms. The quantitative estimate of drug-likeness (QED) is 0.562. The number of urea groups is 1. The molecule has 0 unspecified atom stereocenters. The van der Waals surface area contributed by atoms with Gasteiger partial charge in [-0.3, -0.25) is 9.69 Å². The molecule has 8 nitrogen and oxygen atoms in total. The Bertz CT molecular complexity index is 1330. The molecule has 0 saturated carbocycles. The van der Waals surface area contributed by atoms with E-state index in [4.69, 9.17) is 5.26 Å². The summed E-state index contributed by atoms with van der Waals surface area (Å²) in [5.41, 5.74) is 0.889. The highest BCUT2D eigenvalue weighted by molar-refractivity contribution is 5.91. The van der Waals surface area contributed by atoms with Gasteiger partial charge in [-0.25, -0.2) is 13.6 Å². The zero-order valence-corrected chi connectivity index (χ0v) is 17.7. The number of pyridine rings is 1. The number of β-amino-alcohol motifs (C(OH)–C–C–N with tert-alkyl or cyclic N) is 1. The summed E-state index contributed by atoms with van der Waals surface area (Å²) in [6.45, 7) is 0.947. The Hall–Kier alpha value is -3.81. The number of aromatic nitrogens is 1. The first-order chi connectivity index (χ1) is 15.8. The van der Waals surface area contributed by atoms with Gasteiger partial charge >= 0.3 is 6.03 Å². The van der Waals surface area contributed by atoms with Crippen molar-refractivity contribution in [2.24, 2.45) is 0 Å². The van der Waals surface area contributed by atoms with E-state index in [1.165, 1.54) is 29.2 Å². The number of nitrogens with zero attached hydrogens (tertiary/aromatic N) is 3. The summed E-state index contributed by atoms with van der Waals surface area (Å²) in [4.78, 5) is 31.8. The Labute approximate surface area is 187 Å². The number of rotatable bonds is 4. The van der Waals surface area contributed by atoms with E-state index in [9.17, 15) is 23.5 Å². The molecular weight excluding hydrogens is 432 g/mol. The lowest BCUT2D eigenvalue weighted by atomic mass is 9.93. The lowest BCUT2D eigenvalue weighted by Gasteiger charge is -2.39. The monoisotopic (exact) mass is 453 g/mol. The fourth-order valence-corrected chi connectivity index (χ4v) is 4.17. The van der Waals surface area contributed by atoms with E-state index in [1.807, 2.05) is 4.90 Å². The van der Waals surface area contributed by atoms with Crippen molar-refractivity contribution in [1.82, 2.24) is 14.8 Å². The van der Waals surface area contributed by atoms with Crippen molar-refractivity contribution in [3.05, 3.63) is 75.2 Å². The van der Waals surface area contributed by atoms with Crippen molar-refractivity contribution in [1.29, 1.82) is 5.26 Å². The second-order valence-corrected chi connectivity index (χ2v) is 7.86. The molecule has 3 N–H and O–H groups in total. The van der Waals surface area contributed by atoms with Crippen molar-refractivity contribution in [2.45, 2.75) is 12.6 Å². The number of fused-ring (bicyclic) bond motifs is 3. The maximum absolute atomic E-state index is 13.8. The Balaban J connectivity index is 1.74. The van der Waals surface area contributed by atoms with Crippen LogP contribution in [0.1, 0.15) is 22.9 Å². The van der Waals surface area contributed by atoms with Gasteiger partial charge in [0.05, 0.1) is 23.6 Å². The number of carbonyl (C=O) groups excluding carboxylic acids is 1. The molecule has 0 bridgehead atoms. The molecule has 2 aromatic carbocycles. The normalized spacial score (nSPS) is 15.7. The highest BCUT2D eigenvalue weighted by atomic mass is 19.1. The SMILES string of the molecule is CN(C(=O)Nc1ccc(F)c(C#N)c1)[C@@H]1CN(CCO)Cc2[nH]c(=O)c3cc(F)ccc3c21. The van der Waals surface area contributed by atoms with Crippen LogP contribution in [0.15, 0.2) is 41.2 Å². The van der Waals surface area contributed by atoms with Gasteiger partial charge in [-0.1, -0.05) is 6.07 Å². The molecule has 10 heteroatoms. The minimum atomic E-state index is -0.688. The molecule has 3 aromatic rings. The summed E-state index contributed by atoms with van der Waals surface area (Å²) in [5, 5.41) is 21.8. The minimum absolute atomic E-state index is 0.104. The molecule has 1 aromatic heterocycles. The van der Waals surface area contributed by atoms with Crippen molar-refractivity contribution in [2.75, 3.05) is 32.1 Å². The van der Waals surface area contributed by atoms with Crippen LogP contribution >= 0.6 is 0 Å². The Morgan fingerprint density at radius 2 is 2.09 bits per heavy atom. The molecule has 170 valence electrons. The zero-order valence-electron chi connectivity index (χ0n) is 17.7. The summed E-state index contributed by atoms with van der Waals surface area (Å²) in [6, 6.07) is 8.31. The van der Waals surface area contributed by atoms with Crippen LogP contribution < -0.4 is 10.9 Å². The van der Waals surface area contributed by atoms with Gasteiger partial charge in [0.2, 0.25) is 0 Å². The van der Waals surface area contributed by atoms with Gasteiger partial charge in [0, 0.05) is 43.6 Å². The Morgan fingerprint density at radius 3 is 2.82 bits per heavy atom. The lowest BCUT2D eigenvalue weighted by molar-refractivity contribution is 0.129. The van der Waals surface area contributed by atoms with Crippen molar-refractivity contribution in [3.8, 4) is 6.07 Å². The van der Waals surface area contributed by atoms with Crippen LogP contribution in [-0.4, -0.2) is 52.7 Å². The number of anilines is 1. The van der Waals surface area contributed by atoms with Crippen LogP contribution in [0.25, 0.3) is 10.8 Å². The average molecular weight is 453 g/mol. The number of halogens is 2. The largest absolute Gasteiger partial charge is 0.395 e. The number of benzene rings is 2. The third-order valence-corrected chi connectivity index (χ3v) is 5.79. The summed E-state index contributed by atoms with van der Waals surface area (Å²) < 4.78 is 27.4. The maximum atomic E-state index is 13.8. The number of nitrogens with one attached hydrogen (secondary N) is 2. The van der Waals surface area contributed by atoms with Crippen LogP contribution in [0.3, 0.4) is 0 Å². The van der Waals surface area contributed by atoms with Crippen LogP contribution in [0.2, 0.25) is 0 Å². The zero-order chi connectivity index (χ0) is 23.7. The van der Waals surface area contributed by atoms with Gasteiger partial charge < -0.3 is 20.3 Å². The Kier molecular flexibility index (Phi) is 6.09. The fourth-order valence-electron chi connectivity index (χ4n) is 4.17. The predicted molar refractivity (Wildman–Crippen MR) is 118 cm³/mol. The van der Waals surface area contributed by atoms with Crippen molar-refractivity contribution in [3.63, 3.8) is 0 Å². The number of likely N-dealkylation sites (N-methyl/N-ethyl adjacent to an activating group) is 1. The maximum Gasteiger partial charge on any atom is 0.322 e. The highest BCUT2D eigenvalue weighted by Gasteiger charge is 2.33. The second-order valence-electron chi connectivity index (χ2n) is 7.86. The van der Waals surface area contributed by atoms with E-state index in [1.54, 1.807) is 13.1 Å². The van der Waals surface area contributed by atoms with Gasteiger partial charge in [0.25, 0.3) is 5.56 Å². The second kappa shape index (κ2) is 8.97. The van der Waals surface area contributed by atoms with Crippen molar-refractivity contribution >= 4 is 22.5 Å². The van der Waals surface area contributed by atoms with Crippen LogP contribution in [0.4, 0.5) is 19.3 Å². The number of hydrogen-bond acceptors (Lipinski definition) is 5. The number of nitriles is 1. The predicted octanol–water partition coefficient (Wildman–Crippen LogP) is 2.69. The van der Waals surface area contributed by atoms with Gasteiger partial charge in [0.1, 0.15) is 17.7 Å². The summed E-state index contributed by atoms with van der Waals surface area (Å²) in [7, 11) is 1.57. The van der Waals surface area contributed by atoms with Crippen molar-refractivity contribution < 1.29 is 18.7 Å². The smallest absolute Gasteiger partial charge is 0.322 e.